The molecular formula is C11H7Cl2NO4. The van der Waals surface area contributed by atoms with E-state index in [0.717, 1.165) is 0 Å². The minimum absolute atomic E-state index is 0.0695. The molecule has 0 fully saturated rings. The summed E-state index contributed by atoms with van der Waals surface area (Å²) in [5.41, 5.74) is 0.439. The molecule has 0 aliphatic rings. The van der Waals surface area contributed by atoms with Gasteiger partial charge in [-0.05, 0) is 23.8 Å². The van der Waals surface area contributed by atoms with E-state index in [-0.39, 0.29) is 10.8 Å². The van der Waals surface area contributed by atoms with Crippen LogP contribution in [0.3, 0.4) is 0 Å². The summed E-state index contributed by atoms with van der Waals surface area (Å²) in [5.74, 6) is -0.357. The Balaban J connectivity index is 2.31. The lowest BCUT2D eigenvalue weighted by molar-refractivity contribution is -0.402. The van der Waals surface area contributed by atoms with Crippen LogP contribution < -0.4 is 0 Å². The molecule has 1 unspecified atom stereocenters. The first kappa shape index (κ1) is 12.9. The second kappa shape index (κ2) is 4.97. The van der Waals surface area contributed by atoms with Crippen molar-refractivity contribution in [3.63, 3.8) is 0 Å². The Labute approximate surface area is 112 Å². The number of furan rings is 1. The third kappa shape index (κ3) is 2.48. The highest BCUT2D eigenvalue weighted by atomic mass is 35.5. The quantitative estimate of drug-likeness (QED) is 0.691. The number of nitrogens with zero attached hydrogens (tertiary/aromatic N) is 1. The van der Waals surface area contributed by atoms with Crippen molar-refractivity contribution >= 4 is 29.1 Å². The number of hydrogen-bond acceptors (Lipinski definition) is 4. The van der Waals surface area contributed by atoms with E-state index in [2.05, 4.69) is 0 Å². The molecule has 18 heavy (non-hydrogen) atoms. The average molecular weight is 288 g/mol. The number of benzene rings is 1. The highest BCUT2D eigenvalue weighted by Gasteiger charge is 2.19. The van der Waals surface area contributed by atoms with E-state index in [9.17, 15) is 15.2 Å². The Morgan fingerprint density at radius 3 is 2.50 bits per heavy atom. The summed E-state index contributed by atoms with van der Waals surface area (Å²) in [6.07, 6.45) is -1.13. The largest absolute Gasteiger partial charge is 0.433 e. The van der Waals surface area contributed by atoms with Crippen molar-refractivity contribution in [3.05, 3.63) is 61.8 Å². The van der Waals surface area contributed by atoms with Crippen LogP contribution in [0.4, 0.5) is 5.88 Å². The minimum Gasteiger partial charge on any atom is -0.403 e. The molecule has 0 radical (unpaired) electrons. The van der Waals surface area contributed by atoms with Gasteiger partial charge in [-0.25, -0.2) is 0 Å². The molecule has 5 nitrogen and oxygen atoms in total. The van der Waals surface area contributed by atoms with Gasteiger partial charge in [-0.1, -0.05) is 29.3 Å². The van der Waals surface area contributed by atoms with Gasteiger partial charge in [-0.15, -0.1) is 0 Å². The van der Waals surface area contributed by atoms with Crippen molar-refractivity contribution in [2.75, 3.05) is 0 Å². The first-order valence-electron chi connectivity index (χ1n) is 4.86. The molecule has 94 valence electrons. The number of nitro groups is 1. The molecule has 0 aliphatic carbocycles. The Morgan fingerprint density at radius 1 is 1.22 bits per heavy atom. The highest BCUT2D eigenvalue weighted by Crippen LogP contribution is 2.30. The monoisotopic (exact) mass is 287 g/mol. The zero-order valence-corrected chi connectivity index (χ0v) is 10.4. The third-order valence-corrected chi connectivity index (χ3v) is 3.06. The molecule has 2 aromatic rings. The van der Waals surface area contributed by atoms with E-state index in [4.69, 9.17) is 27.6 Å². The summed E-state index contributed by atoms with van der Waals surface area (Å²) in [5, 5.41) is 21.1. The summed E-state index contributed by atoms with van der Waals surface area (Å²) in [7, 11) is 0. The topological polar surface area (TPSA) is 76.5 Å². The number of rotatable bonds is 3. The van der Waals surface area contributed by atoms with E-state index >= 15 is 0 Å². The molecule has 2 rings (SSSR count). The standard InChI is InChI=1S/C11H7Cl2NO4/c12-7-2-1-6(5-8(7)13)11(15)9-3-4-10(18-9)14(16)17/h1-5,11,15H. The SMILES string of the molecule is O=[N+]([O-])c1ccc(C(O)c2ccc(Cl)c(Cl)c2)o1. The van der Waals surface area contributed by atoms with Crippen LogP contribution in [-0.4, -0.2) is 10.0 Å². The molecule has 1 N–H and O–H groups in total. The van der Waals surface area contributed by atoms with Crippen LogP contribution in [0.15, 0.2) is 34.7 Å². The number of halogens is 2. The Hall–Kier alpha value is -1.56. The van der Waals surface area contributed by atoms with Gasteiger partial charge in [0.15, 0.2) is 0 Å². The van der Waals surface area contributed by atoms with E-state index in [1.807, 2.05) is 0 Å². The summed E-state index contributed by atoms with van der Waals surface area (Å²) < 4.78 is 4.91. The van der Waals surface area contributed by atoms with Crippen LogP contribution in [0, 0.1) is 10.1 Å². The normalized spacial score (nSPS) is 12.4. The molecule has 1 aromatic heterocycles. The Bertz CT molecular complexity index is 596. The van der Waals surface area contributed by atoms with Crippen LogP contribution in [0.25, 0.3) is 0 Å². The van der Waals surface area contributed by atoms with Gasteiger partial charge in [0.1, 0.15) is 16.8 Å². The van der Waals surface area contributed by atoms with Crippen molar-refractivity contribution in [1.29, 1.82) is 0 Å². The van der Waals surface area contributed by atoms with Gasteiger partial charge in [0, 0.05) is 0 Å². The molecule has 0 amide bonds. The molecule has 1 atom stereocenters. The smallest absolute Gasteiger partial charge is 0.403 e. The Morgan fingerprint density at radius 2 is 1.94 bits per heavy atom. The van der Waals surface area contributed by atoms with E-state index in [0.29, 0.717) is 10.6 Å². The summed E-state index contributed by atoms with van der Waals surface area (Å²) in [6, 6.07) is 7.08. The van der Waals surface area contributed by atoms with Gasteiger partial charge in [0.2, 0.25) is 0 Å². The van der Waals surface area contributed by atoms with E-state index in [1.54, 1.807) is 6.07 Å². The maximum atomic E-state index is 10.5. The van der Waals surface area contributed by atoms with Gasteiger partial charge in [0.25, 0.3) is 0 Å². The summed E-state index contributed by atoms with van der Waals surface area (Å²) in [4.78, 5) is 9.79. The maximum absolute atomic E-state index is 10.5. The second-order valence-corrected chi connectivity index (χ2v) is 4.32. The fourth-order valence-corrected chi connectivity index (χ4v) is 1.74. The fourth-order valence-electron chi connectivity index (χ4n) is 1.43. The highest BCUT2D eigenvalue weighted by molar-refractivity contribution is 6.42. The number of hydrogen-bond donors (Lipinski definition) is 1. The lowest BCUT2D eigenvalue weighted by atomic mass is 10.1. The molecule has 0 saturated carbocycles. The predicted molar refractivity (Wildman–Crippen MR) is 65.9 cm³/mol. The van der Waals surface area contributed by atoms with Crippen LogP contribution in [0.2, 0.25) is 10.0 Å². The molecule has 0 aliphatic heterocycles. The third-order valence-electron chi connectivity index (χ3n) is 2.32. The van der Waals surface area contributed by atoms with Gasteiger partial charge in [-0.3, -0.25) is 10.1 Å². The number of aliphatic hydroxyl groups excluding tert-OH is 1. The molecule has 1 heterocycles. The van der Waals surface area contributed by atoms with Crippen LogP contribution >= 0.6 is 23.2 Å². The molecule has 0 bridgehead atoms. The fraction of sp³-hybridized carbons (Fsp3) is 0.0909. The first-order valence-corrected chi connectivity index (χ1v) is 5.62. The van der Waals surface area contributed by atoms with Crippen molar-refractivity contribution in [1.82, 2.24) is 0 Å². The molecule has 1 aromatic carbocycles. The lowest BCUT2D eigenvalue weighted by Gasteiger charge is -2.08. The maximum Gasteiger partial charge on any atom is 0.433 e. The number of aliphatic hydroxyl groups is 1. The average Bonchev–Trinajstić information content (AvgIpc) is 2.81. The molecule has 0 saturated heterocycles. The second-order valence-electron chi connectivity index (χ2n) is 3.51. The van der Waals surface area contributed by atoms with Crippen molar-refractivity contribution in [2.45, 2.75) is 6.10 Å². The molecule has 0 spiro atoms. The van der Waals surface area contributed by atoms with Gasteiger partial charge >= 0.3 is 5.88 Å². The van der Waals surface area contributed by atoms with Crippen molar-refractivity contribution < 1.29 is 14.4 Å². The van der Waals surface area contributed by atoms with Crippen molar-refractivity contribution in [2.24, 2.45) is 0 Å². The summed E-state index contributed by atoms with van der Waals surface area (Å²) >= 11 is 11.6. The van der Waals surface area contributed by atoms with Crippen LogP contribution in [-0.2, 0) is 0 Å². The van der Waals surface area contributed by atoms with Crippen molar-refractivity contribution in [3.8, 4) is 0 Å². The van der Waals surface area contributed by atoms with Gasteiger partial charge < -0.3 is 9.52 Å². The minimum atomic E-state index is -1.13. The predicted octanol–water partition coefficient (Wildman–Crippen LogP) is 3.58. The summed E-state index contributed by atoms with van der Waals surface area (Å²) in [6.45, 7) is 0. The Kier molecular flexibility index (Phi) is 3.56. The van der Waals surface area contributed by atoms with E-state index < -0.39 is 16.9 Å². The van der Waals surface area contributed by atoms with Crippen LogP contribution in [0.1, 0.15) is 17.4 Å². The van der Waals surface area contributed by atoms with Gasteiger partial charge in [-0.2, -0.15) is 0 Å². The molecule has 7 heteroatoms. The zero-order valence-electron chi connectivity index (χ0n) is 8.84. The van der Waals surface area contributed by atoms with Gasteiger partial charge in [0.05, 0.1) is 16.1 Å². The molecular weight excluding hydrogens is 281 g/mol. The lowest BCUT2D eigenvalue weighted by Crippen LogP contribution is -1.97. The van der Waals surface area contributed by atoms with Crippen LogP contribution in [0.5, 0.6) is 0 Å². The first-order chi connectivity index (χ1) is 8.49. The van der Waals surface area contributed by atoms with E-state index in [1.165, 1.54) is 24.3 Å². The zero-order chi connectivity index (χ0) is 13.3.